The molecule has 4 nitrogen and oxygen atoms in total. The molecule has 1 aromatic rings. The molecule has 0 amide bonds. The molecule has 1 N–H and O–H groups in total. The van der Waals surface area contributed by atoms with Gasteiger partial charge in [-0.05, 0) is 31.5 Å². The minimum atomic E-state index is -0.513. The minimum Gasteiger partial charge on any atom is -0.491 e. The van der Waals surface area contributed by atoms with E-state index in [0.29, 0.717) is 13.2 Å². The van der Waals surface area contributed by atoms with Crippen LogP contribution in [0.15, 0.2) is 24.3 Å². The van der Waals surface area contributed by atoms with Gasteiger partial charge < -0.3 is 19.3 Å². The molecule has 94 valence electrons. The lowest BCUT2D eigenvalue weighted by Crippen LogP contribution is -2.25. The first-order valence-electron chi connectivity index (χ1n) is 5.73. The number of hydrogen-bond donors (Lipinski definition) is 1. The Kier molecular flexibility index (Phi) is 3.66. The monoisotopic (exact) mass is 238 g/mol. The molecule has 17 heavy (non-hydrogen) atoms. The third kappa shape index (κ3) is 3.43. The topological polar surface area (TPSA) is 47.9 Å². The quantitative estimate of drug-likeness (QED) is 0.867. The Morgan fingerprint density at radius 1 is 1.47 bits per heavy atom. The SMILES string of the molecule is CC1(C)OCC(COc2cccc(CO)c2)O1. The van der Waals surface area contributed by atoms with Crippen LogP contribution in [0.4, 0.5) is 0 Å². The standard InChI is InChI=1S/C13H18O4/c1-13(2)16-9-12(17-13)8-15-11-5-3-4-10(6-11)7-14/h3-6,12,14H,7-9H2,1-2H3. The van der Waals surface area contributed by atoms with Gasteiger partial charge in [0.15, 0.2) is 5.79 Å². The summed E-state index contributed by atoms with van der Waals surface area (Å²) in [5.74, 6) is 0.228. The van der Waals surface area contributed by atoms with Crippen LogP contribution in [-0.4, -0.2) is 30.2 Å². The molecule has 1 saturated heterocycles. The number of benzene rings is 1. The molecule has 1 unspecified atom stereocenters. The Labute approximate surface area is 101 Å². The largest absolute Gasteiger partial charge is 0.491 e. The van der Waals surface area contributed by atoms with Crippen LogP contribution in [0.2, 0.25) is 0 Å². The second-order valence-electron chi connectivity index (χ2n) is 4.57. The van der Waals surface area contributed by atoms with Gasteiger partial charge >= 0.3 is 0 Å². The molecule has 1 aromatic carbocycles. The Hall–Kier alpha value is -1.10. The summed E-state index contributed by atoms with van der Waals surface area (Å²) in [4.78, 5) is 0. The Morgan fingerprint density at radius 2 is 2.29 bits per heavy atom. The van der Waals surface area contributed by atoms with Gasteiger partial charge in [0.2, 0.25) is 0 Å². The van der Waals surface area contributed by atoms with Crippen LogP contribution < -0.4 is 4.74 Å². The molecule has 1 heterocycles. The van der Waals surface area contributed by atoms with Crippen LogP contribution in [0.25, 0.3) is 0 Å². The second kappa shape index (κ2) is 5.04. The van der Waals surface area contributed by atoms with Gasteiger partial charge in [-0.3, -0.25) is 0 Å². The minimum absolute atomic E-state index is 0.0211. The molecular formula is C13H18O4. The molecule has 1 fully saturated rings. The van der Waals surface area contributed by atoms with Gasteiger partial charge in [0.25, 0.3) is 0 Å². The van der Waals surface area contributed by atoms with Crippen molar-refractivity contribution in [3.05, 3.63) is 29.8 Å². The zero-order chi connectivity index (χ0) is 12.3. The van der Waals surface area contributed by atoms with E-state index in [1.54, 1.807) is 0 Å². The number of aliphatic hydroxyl groups excluding tert-OH is 1. The first-order valence-corrected chi connectivity index (χ1v) is 5.73. The van der Waals surface area contributed by atoms with Crippen molar-refractivity contribution in [2.45, 2.75) is 32.3 Å². The van der Waals surface area contributed by atoms with Crippen molar-refractivity contribution in [1.29, 1.82) is 0 Å². The summed E-state index contributed by atoms with van der Waals surface area (Å²) in [5, 5.41) is 9.01. The highest BCUT2D eigenvalue weighted by Gasteiger charge is 2.32. The maximum absolute atomic E-state index is 9.01. The predicted molar refractivity (Wildman–Crippen MR) is 62.8 cm³/mol. The summed E-state index contributed by atoms with van der Waals surface area (Å²) in [6, 6.07) is 7.39. The van der Waals surface area contributed by atoms with E-state index in [1.165, 1.54) is 0 Å². The maximum atomic E-state index is 9.01. The fourth-order valence-electron chi connectivity index (χ4n) is 1.77. The third-order valence-electron chi connectivity index (χ3n) is 2.58. The van der Waals surface area contributed by atoms with Crippen molar-refractivity contribution < 1.29 is 19.3 Å². The molecule has 0 bridgehead atoms. The Bertz CT molecular complexity index is 375. The fourth-order valence-corrected chi connectivity index (χ4v) is 1.77. The zero-order valence-electron chi connectivity index (χ0n) is 10.2. The summed E-state index contributed by atoms with van der Waals surface area (Å²) >= 11 is 0. The van der Waals surface area contributed by atoms with E-state index >= 15 is 0 Å². The molecule has 1 aliphatic rings. The van der Waals surface area contributed by atoms with Crippen molar-refractivity contribution in [2.75, 3.05) is 13.2 Å². The summed E-state index contributed by atoms with van der Waals surface area (Å²) in [5.41, 5.74) is 0.839. The highest BCUT2D eigenvalue weighted by Crippen LogP contribution is 2.23. The zero-order valence-corrected chi connectivity index (χ0v) is 10.2. The van der Waals surface area contributed by atoms with Gasteiger partial charge in [-0.2, -0.15) is 0 Å². The summed E-state index contributed by atoms with van der Waals surface area (Å²) in [6.07, 6.45) is -0.0391. The highest BCUT2D eigenvalue weighted by molar-refractivity contribution is 5.27. The van der Waals surface area contributed by atoms with Crippen LogP contribution in [0, 0.1) is 0 Å². The Balaban J connectivity index is 1.86. The number of aliphatic hydroxyl groups is 1. The molecule has 0 radical (unpaired) electrons. The smallest absolute Gasteiger partial charge is 0.163 e. The van der Waals surface area contributed by atoms with Gasteiger partial charge in [-0.1, -0.05) is 12.1 Å². The number of rotatable bonds is 4. The maximum Gasteiger partial charge on any atom is 0.163 e. The Morgan fingerprint density at radius 3 is 2.94 bits per heavy atom. The van der Waals surface area contributed by atoms with Crippen LogP contribution >= 0.6 is 0 Å². The lowest BCUT2D eigenvalue weighted by molar-refractivity contribution is -0.141. The predicted octanol–water partition coefficient (Wildman–Crippen LogP) is 1.71. The lowest BCUT2D eigenvalue weighted by Gasteiger charge is -2.17. The van der Waals surface area contributed by atoms with Crippen LogP contribution in [0.5, 0.6) is 5.75 Å². The van der Waals surface area contributed by atoms with E-state index in [4.69, 9.17) is 19.3 Å². The highest BCUT2D eigenvalue weighted by atomic mass is 16.7. The molecule has 0 aromatic heterocycles. The van der Waals surface area contributed by atoms with Crippen molar-refractivity contribution >= 4 is 0 Å². The molecular weight excluding hydrogens is 220 g/mol. The molecule has 4 heteroatoms. The van der Waals surface area contributed by atoms with E-state index in [9.17, 15) is 0 Å². The van der Waals surface area contributed by atoms with E-state index in [-0.39, 0.29) is 12.7 Å². The molecule has 1 atom stereocenters. The average Bonchev–Trinajstić information content (AvgIpc) is 2.67. The van der Waals surface area contributed by atoms with Crippen molar-refractivity contribution in [1.82, 2.24) is 0 Å². The van der Waals surface area contributed by atoms with Gasteiger partial charge in [0.1, 0.15) is 18.5 Å². The summed E-state index contributed by atoms with van der Waals surface area (Å²) < 4.78 is 16.7. The van der Waals surface area contributed by atoms with Crippen LogP contribution in [-0.2, 0) is 16.1 Å². The first-order chi connectivity index (χ1) is 8.09. The lowest BCUT2D eigenvalue weighted by atomic mass is 10.2. The van der Waals surface area contributed by atoms with Crippen LogP contribution in [0.3, 0.4) is 0 Å². The van der Waals surface area contributed by atoms with E-state index < -0.39 is 5.79 Å². The normalized spacial score (nSPS) is 22.6. The molecule has 2 rings (SSSR count). The van der Waals surface area contributed by atoms with Crippen molar-refractivity contribution in [3.8, 4) is 5.75 Å². The van der Waals surface area contributed by atoms with Gasteiger partial charge in [0, 0.05) is 0 Å². The average molecular weight is 238 g/mol. The number of hydrogen-bond acceptors (Lipinski definition) is 4. The van der Waals surface area contributed by atoms with Gasteiger partial charge in [-0.25, -0.2) is 0 Å². The van der Waals surface area contributed by atoms with E-state index in [0.717, 1.165) is 11.3 Å². The first kappa shape index (κ1) is 12.4. The van der Waals surface area contributed by atoms with Gasteiger partial charge in [-0.15, -0.1) is 0 Å². The van der Waals surface area contributed by atoms with E-state index in [2.05, 4.69) is 0 Å². The van der Waals surface area contributed by atoms with Crippen LogP contribution in [0.1, 0.15) is 19.4 Å². The molecule has 1 aliphatic heterocycles. The number of ether oxygens (including phenoxy) is 3. The summed E-state index contributed by atoms with van der Waals surface area (Å²) in [7, 11) is 0. The van der Waals surface area contributed by atoms with Crippen molar-refractivity contribution in [2.24, 2.45) is 0 Å². The molecule has 0 spiro atoms. The third-order valence-corrected chi connectivity index (χ3v) is 2.58. The second-order valence-corrected chi connectivity index (χ2v) is 4.57. The van der Waals surface area contributed by atoms with E-state index in [1.807, 2.05) is 38.1 Å². The van der Waals surface area contributed by atoms with Gasteiger partial charge in [0.05, 0.1) is 13.2 Å². The molecule has 0 aliphatic carbocycles. The fraction of sp³-hybridized carbons (Fsp3) is 0.538. The van der Waals surface area contributed by atoms with Crippen molar-refractivity contribution in [3.63, 3.8) is 0 Å². The summed E-state index contributed by atoms with van der Waals surface area (Å²) in [6.45, 7) is 4.80. The molecule has 0 saturated carbocycles.